The standard InChI is InChI=1S/C58H53N/c1-4-42(52-27-16-17-28-54(52)51-36-35-44-21-14-15-26-50(44)40(51)3)37-41-31-33-45(34-32-41)55-38-47-24-12-13-25-48(47)39-56(55)58-49(5-2)53(43-19-8-6-9-20-43)29-18-30-57(59-58)46-22-10-7-11-23-46/h6-17,19-28,31-36,38-39,42,57H,4-5,18,29-30,37H2,1-3H3/b53-49+,59-58+. The Hall–Kier alpha value is -6.31. The Bertz CT molecular complexity index is 2790. The monoisotopic (exact) mass is 763 g/mol. The van der Waals surface area contributed by atoms with Crippen LogP contribution in [0.2, 0.25) is 0 Å². The molecule has 1 heteroatoms. The third-order valence-electron chi connectivity index (χ3n) is 12.8. The van der Waals surface area contributed by atoms with Crippen molar-refractivity contribution in [1.82, 2.24) is 0 Å². The zero-order valence-corrected chi connectivity index (χ0v) is 34.7. The molecule has 1 nitrogen and oxygen atoms in total. The van der Waals surface area contributed by atoms with Crippen molar-refractivity contribution in [2.75, 3.05) is 0 Å². The minimum atomic E-state index is 0.0963. The molecule has 2 unspecified atom stereocenters. The van der Waals surface area contributed by atoms with Crippen LogP contribution >= 0.6 is 0 Å². The van der Waals surface area contributed by atoms with Crippen LogP contribution in [0.1, 0.15) is 91.3 Å². The third-order valence-corrected chi connectivity index (χ3v) is 12.8. The molecule has 8 aromatic carbocycles. The summed E-state index contributed by atoms with van der Waals surface area (Å²) >= 11 is 0. The number of hydrogen-bond acceptors (Lipinski definition) is 1. The summed E-state index contributed by atoms with van der Waals surface area (Å²) in [5.41, 5.74) is 17.0. The zero-order chi connectivity index (χ0) is 40.1. The molecule has 0 radical (unpaired) electrons. The fourth-order valence-electron chi connectivity index (χ4n) is 9.62. The zero-order valence-electron chi connectivity index (χ0n) is 34.7. The fraction of sp³-hybridized carbons (Fsp3) is 0.190. The number of aryl methyl sites for hydroxylation is 1. The van der Waals surface area contributed by atoms with Gasteiger partial charge in [0.1, 0.15) is 0 Å². The Labute approximate surface area is 350 Å². The fourth-order valence-corrected chi connectivity index (χ4v) is 9.62. The predicted octanol–water partition coefficient (Wildman–Crippen LogP) is 15.9. The van der Waals surface area contributed by atoms with Crippen molar-refractivity contribution >= 4 is 32.8 Å². The van der Waals surface area contributed by atoms with Gasteiger partial charge in [-0.1, -0.05) is 184 Å². The van der Waals surface area contributed by atoms with Gasteiger partial charge in [0, 0.05) is 5.56 Å². The number of hydrogen-bond donors (Lipinski definition) is 0. The molecule has 0 N–H and O–H groups in total. The van der Waals surface area contributed by atoms with E-state index >= 15 is 0 Å². The van der Waals surface area contributed by atoms with Gasteiger partial charge in [0.2, 0.25) is 0 Å². The van der Waals surface area contributed by atoms with Gasteiger partial charge in [0.25, 0.3) is 0 Å². The van der Waals surface area contributed by atoms with Crippen LogP contribution in [0.15, 0.2) is 193 Å². The number of rotatable bonds is 10. The van der Waals surface area contributed by atoms with E-state index in [9.17, 15) is 0 Å². The summed E-state index contributed by atoms with van der Waals surface area (Å²) in [6.45, 7) is 6.93. The minimum Gasteiger partial charge on any atom is -0.276 e. The van der Waals surface area contributed by atoms with E-state index in [4.69, 9.17) is 4.99 Å². The lowest BCUT2D eigenvalue weighted by Crippen LogP contribution is -2.14. The Morgan fingerprint density at radius 2 is 1.20 bits per heavy atom. The van der Waals surface area contributed by atoms with Crippen LogP contribution in [-0.4, -0.2) is 5.71 Å². The Balaban J connectivity index is 1.13. The Kier molecular flexibility index (Phi) is 11.2. The van der Waals surface area contributed by atoms with Gasteiger partial charge in [-0.25, -0.2) is 0 Å². The molecule has 2 atom stereocenters. The largest absolute Gasteiger partial charge is 0.276 e. The lowest BCUT2D eigenvalue weighted by atomic mass is 9.82. The molecule has 9 rings (SSSR count). The SMILES string of the molecule is CCC1=C(\c2ccccc2)CCCC(c2ccccc2)/N=C\1c1cc2ccccc2cc1-c1ccc(CC(CC)c2ccccc2-c2ccc3ccccc3c2C)cc1. The first kappa shape index (κ1) is 38.2. The van der Waals surface area contributed by atoms with Crippen LogP contribution in [0.3, 0.4) is 0 Å². The van der Waals surface area contributed by atoms with Crippen molar-refractivity contribution in [3.63, 3.8) is 0 Å². The molecule has 0 spiro atoms. The van der Waals surface area contributed by atoms with Gasteiger partial charge in [-0.2, -0.15) is 0 Å². The molecular formula is C58H53N. The van der Waals surface area contributed by atoms with Crippen LogP contribution in [0, 0.1) is 6.92 Å². The van der Waals surface area contributed by atoms with E-state index in [1.165, 1.54) is 88.3 Å². The van der Waals surface area contributed by atoms with Crippen LogP contribution in [0.5, 0.6) is 0 Å². The smallest absolute Gasteiger partial charge is 0.0756 e. The second-order valence-corrected chi connectivity index (χ2v) is 16.3. The second kappa shape index (κ2) is 17.3. The summed E-state index contributed by atoms with van der Waals surface area (Å²) in [6.07, 6.45) is 6.11. The normalized spacial score (nSPS) is 17.3. The van der Waals surface area contributed by atoms with E-state index in [2.05, 4.69) is 203 Å². The van der Waals surface area contributed by atoms with Crippen LogP contribution in [-0.2, 0) is 6.42 Å². The molecule has 59 heavy (non-hydrogen) atoms. The maximum absolute atomic E-state index is 5.81. The van der Waals surface area contributed by atoms with Gasteiger partial charge in [0.15, 0.2) is 0 Å². The molecule has 0 fully saturated rings. The summed E-state index contributed by atoms with van der Waals surface area (Å²) in [7, 11) is 0. The third kappa shape index (κ3) is 7.83. The maximum atomic E-state index is 5.81. The summed E-state index contributed by atoms with van der Waals surface area (Å²) in [5, 5.41) is 5.12. The number of allylic oxidation sites excluding steroid dienone is 2. The Morgan fingerprint density at radius 1 is 0.559 bits per heavy atom. The van der Waals surface area contributed by atoms with Crippen molar-refractivity contribution in [3.8, 4) is 22.3 Å². The molecule has 0 bridgehead atoms. The highest BCUT2D eigenvalue weighted by atomic mass is 14.8. The van der Waals surface area contributed by atoms with E-state index in [0.717, 1.165) is 44.2 Å². The molecule has 1 aliphatic heterocycles. The average Bonchev–Trinajstić information content (AvgIpc) is 3.29. The van der Waals surface area contributed by atoms with E-state index in [1.54, 1.807) is 0 Å². The summed E-state index contributed by atoms with van der Waals surface area (Å²) in [4.78, 5) is 5.81. The van der Waals surface area contributed by atoms with Crippen molar-refractivity contribution in [3.05, 3.63) is 221 Å². The molecule has 0 amide bonds. The van der Waals surface area contributed by atoms with Gasteiger partial charge in [-0.05, 0) is 146 Å². The van der Waals surface area contributed by atoms with Crippen LogP contribution < -0.4 is 0 Å². The van der Waals surface area contributed by atoms with Crippen molar-refractivity contribution in [2.24, 2.45) is 4.99 Å². The van der Waals surface area contributed by atoms with Gasteiger partial charge >= 0.3 is 0 Å². The summed E-state index contributed by atoms with van der Waals surface area (Å²) in [6, 6.07) is 67.6. The van der Waals surface area contributed by atoms with Crippen molar-refractivity contribution < 1.29 is 0 Å². The topological polar surface area (TPSA) is 12.4 Å². The van der Waals surface area contributed by atoms with E-state index in [0.29, 0.717) is 5.92 Å². The molecule has 0 saturated carbocycles. The lowest BCUT2D eigenvalue weighted by Gasteiger charge is -2.26. The summed E-state index contributed by atoms with van der Waals surface area (Å²) < 4.78 is 0. The quantitative estimate of drug-likeness (QED) is 0.132. The number of benzene rings is 8. The average molecular weight is 764 g/mol. The highest BCUT2D eigenvalue weighted by Gasteiger charge is 2.25. The molecule has 0 saturated heterocycles. The van der Waals surface area contributed by atoms with Crippen LogP contribution in [0.25, 0.3) is 49.4 Å². The van der Waals surface area contributed by atoms with Gasteiger partial charge < -0.3 is 0 Å². The highest BCUT2D eigenvalue weighted by molar-refractivity contribution is 6.21. The molecule has 8 aromatic rings. The van der Waals surface area contributed by atoms with E-state index < -0.39 is 0 Å². The molecule has 290 valence electrons. The van der Waals surface area contributed by atoms with Gasteiger partial charge in [-0.15, -0.1) is 0 Å². The van der Waals surface area contributed by atoms with Crippen LogP contribution in [0.4, 0.5) is 0 Å². The number of aliphatic imine (C=N–C) groups is 1. The number of nitrogens with zero attached hydrogens (tertiary/aromatic N) is 1. The lowest BCUT2D eigenvalue weighted by molar-refractivity contribution is 0.618. The van der Waals surface area contributed by atoms with E-state index in [1.807, 2.05) is 0 Å². The second-order valence-electron chi connectivity index (χ2n) is 16.3. The van der Waals surface area contributed by atoms with Crippen molar-refractivity contribution in [1.29, 1.82) is 0 Å². The molecule has 0 aliphatic carbocycles. The van der Waals surface area contributed by atoms with Crippen molar-refractivity contribution in [2.45, 2.75) is 71.3 Å². The number of fused-ring (bicyclic) bond motifs is 2. The molecular weight excluding hydrogens is 711 g/mol. The maximum Gasteiger partial charge on any atom is 0.0756 e. The summed E-state index contributed by atoms with van der Waals surface area (Å²) in [5.74, 6) is 0.395. The first-order valence-corrected chi connectivity index (χ1v) is 21.7. The predicted molar refractivity (Wildman–Crippen MR) is 253 cm³/mol. The van der Waals surface area contributed by atoms with E-state index in [-0.39, 0.29) is 6.04 Å². The van der Waals surface area contributed by atoms with Gasteiger partial charge in [-0.3, -0.25) is 4.99 Å². The molecule has 0 aromatic heterocycles. The molecule has 1 heterocycles. The first-order chi connectivity index (χ1) is 29.1. The van der Waals surface area contributed by atoms with Gasteiger partial charge in [0.05, 0.1) is 11.8 Å². The Morgan fingerprint density at radius 3 is 1.93 bits per heavy atom. The minimum absolute atomic E-state index is 0.0963. The highest BCUT2D eigenvalue weighted by Crippen LogP contribution is 2.41. The first-order valence-electron chi connectivity index (χ1n) is 21.7. The molecule has 1 aliphatic rings.